The molecule has 0 aromatic heterocycles. The summed E-state index contributed by atoms with van der Waals surface area (Å²) >= 11 is 0. The molecule has 354 valence electrons. The third-order valence-corrected chi connectivity index (χ3v) is 9.49. The van der Waals surface area contributed by atoms with Crippen LogP contribution in [0.1, 0.15) is 188 Å². The van der Waals surface area contributed by atoms with Gasteiger partial charge in [0, 0.05) is 64.2 Å². The fraction of sp³-hybridized carbons (Fsp3) is 0.808. The number of carbonyl (C=O) groups is 2. The molecule has 0 spiro atoms. The number of hydrogen-bond donors (Lipinski definition) is 1. The fourth-order valence-corrected chi connectivity index (χ4v) is 5.72. The Hall–Kier alpha value is -3.06. The van der Waals surface area contributed by atoms with Gasteiger partial charge in [-0.25, -0.2) is 0 Å². The molecular weight excluding hydrogens is 781 g/mol. The van der Waals surface area contributed by atoms with E-state index in [-0.39, 0.29) is 43.8 Å². The van der Waals surface area contributed by atoms with Crippen molar-refractivity contribution in [3.05, 3.63) is 0 Å². The van der Waals surface area contributed by atoms with Gasteiger partial charge in [0.2, 0.25) is 0 Å². The molecule has 0 saturated carbocycles. The number of nitrogens with one attached hydrogen (secondary N) is 1. The van der Waals surface area contributed by atoms with Gasteiger partial charge in [0.05, 0.1) is 32.5 Å². The molecule has 0 aliphatic heterocycles. The van der Waals surface area contributed by atoms with Crippen molar-refractivity contribution in [1.82, 2.24) is 10.2 Å². The quantitative estimate of drug-likeness (QED) is 0.0278. The van der Waals surface area contributed by atoms with Crippen molar-refractivity contribution in [2.75, 3.05) is 66.8 Å². The molecule has 0 aliphatic carbocycles. The van der Waals surface area contributed by atoms with Crippen LogP contribution in [0.15, 0.2) is 0 Å². The Bertz CT molecular complexity index is 1150. The van der Waals surface area contributed by atoms with Crippen molar-refractivity contribution >= 4 is 11.9 Å². The predicted molar refractivity (Wildman–Crippen MR) is 253 cm³/mol. The highest BCUT2D eigenvalue weighted by Crippen LogP contribution is 2.12. The molecule has 0 bridgehead atoms. The standard InChI is InChI=1S/C52H88N2O8/c1-7-11-15-19-23-31-42-57-51(58-43-32-24-20-16-12-8-2)38-29-27-36-49(55)61-46-48(53-40-35-41-54(5)6)47-62-50(56)37-28-30-39-52(59-44-33-25-21-17-13-9-3)60-45-34-26-22-18-14-10-4/h48,51-53H,7-18,27-47H2,1-6H3. The number of nitrogens with zero attached hydrogens (tertiary/aromatic N) is 1. The van der Waals surface area contributed by atoms with Crippen LogP contribution in [-0.4, -0.2) is 102 Å². The lowest BCUT2D eigenvalue weighted by atomic mass is 10.2. The van der Waals surface area contributed by atoms with E-state index in [1.165, 1.54) is 0 Å². The Morgan fingerprint density at radius 2 is 0.806 bits per heavy atom. The van der Waals surface area contributed by atoms with E-state index in [0.717, 1.165) is 103 Å². The number of unbranched alkanes of at least 4 members (excludes halogenated alkanes) is 10. The predicted octanol–water partition coefficient (Wildman–Crippen LogP) is 10.2. The van der Waals surface area contributed by atoms with E-state index in [9.17, 15) is 9.59 Å². The second-order valence-corrected chi connectivity index (χ2v) is 15.8. The number of hydrogen-bond acceptors (Lipinski definition) is 10. The maximum Gasteiger partial charge on any atom is 0.305 e. The van der Waals surface area contributed by atoms with E-state index in [0.29, 0.717) is 97.2 Å². The molecule has 0 radical (unpaired) electrons. The van der Waals surface area contributed by atoms with Crippen LogP contribution in [0, 0.1) is 47.4 Å². The summed E-state index contributed by atoms with van der Waals surface area (Å²) in [5.74, 6) is 25.0. The SMILES string of the molecule is CCCCC#CCCOC(CCCCC(=O)OCC(COC(=O)CCCCC(OCCC#CCCCC)OCCC#CCCCC)NCCCN(C)C)OCCC#CCCCC. The van der Waals surface area contributed by atoms with Crippen molar-refractivity contribution in [2.24, 2.45) is 0 Å². The summed E-state index contributed by atoms with van der Waals surface area (Å²) in [5, 5.41) is 3.42. The van der Waals surface area contributed by atoms with Gasteiger partial charge in [-0.05, 0) is 97.8 Å². The monoisotopic (exact) mass is 869 g/mol. The van der Waals surface area contributed by atoms with Gasteiger partial charge in [-0.2, -0.15) is 0 Å². The summed E-state index contributed by atoms with van der Waals surface area (Å²) in [7, 11) is 4.07. The maximum absolute atomic E-state index is 12.8. The van der Waals surface area contributed by atoms with Crippen LogP contribution in [0.3, 0.4) is 0 Å². The van der Waals surface area contributed by atoms with Crippen molar-refractivity contribution in [2.45, 2.75) is 207 Å². The number of ether oxygens (including phenoxy) is 6. The van der Waals surface area contributed by atoms with Gasteiger partial charge in [0.15, 0.2) is 12.6 Å². The Labute approximate surface area is 380 Å². The second kappa shape index (κ2) is 47.4. The van der Waals surface area contributed by atoms with Crippen molar-refractivity contribution in [1.29, 1.82) is 0 Å². The highest BCUT2D eigenvalue weighted by atomic mass is 16.7. The summed E-state index contributed by atoms with van der Waals surface area (Å²) < 4.78 is 35.5. The summed E-state index contributed by atoms with van der Waals surface area (Å²) in [6.07, 6.45) is 20.3. The second-order valence-electron chi connectivity index (χ2n) is 15.8. The van der Waals surface area contributed by atoms with E-state index in [2.05, 4.69) is 85.3 Å². The van der Waals surface area contributed by atoms with Crippen LogP contribution in [-0.2, 0) is 38.0 Å². The molecule has 0 unspecified atom stereocenters. The van der Waals surface area contributed by atoms with E-state index in [1.807, 2.05) is 14.1 Å². The first-order valence-electron chi connectivity index (χ1n) is 24.3. The summed E-state index contributed by atoms with van der Waals surface area (Å²) in [5.41, 5.74) is 0. The first kappa shape index (κ1) is 58.9. The number of carbonyl (C=O) groups excluding carboxylic acids is 2. The molecule has 1 N–H and O–H groups in total. The van der Waals surface area contributed by atoms with Crippen LogP contribution in [0.5, 0.6) is 0 Å². The minimum Gasteiger partial charge on any atom is -0.464 e. The van der Waals surface area contributed by atoms with Crippen LogP contribution >= 0.6 is 0 Å². The van der Waals surface area contributed by atoms with Gasteiger partial charge in [-0.15, -0.1) is 47.4 Å². The van der Waals surface area contributed by atoms with Gasteiger partial charge in [0.1, 0.15) is 13.2 Å². The Kier molecular flexibility index (Phi) is 45.1. The summed E-state index contributed by atoms with van der Waals surface area (Å²) in [6.45, 7) is 12.6. The van der Waals surface area contributed by atoms with Crippen LogP contribution in [0.2, 0.25) is 0 Å². The Balaban J connectivity index is 4.89. The zero-order valence-electron chi connectivity index (χ0n) is 40.3. The molecule has 0 aliphatic rings. The Morgan fingerprint density at radius 1 is 0.468 bits per heavy atom. The van der Waals surface area contributed by atoms with Gasteiger partial charge >= 0.3 is 11.9 Å². The lowest BCUT2D eigenvalue weighted by molar-refractivity contribution is -0.150. The average Bonchev–Trinajstić information content (AvgIpc) is 3.26. The topological polar surface area (TPSA) is 105 Å². The highest BCUT2D eigenvalue weighted by molar-refractivity contribution is 5.69. The van der Waals surface area contributed by atoms with Crippen LogP contribution in [0.25, 0.3) is 0 Å². The molecule has 10 nitrogen and oxygen atoms in total. The largest absolute Gasteiger partial charge is 0.464 e. The average molecular weight is 869 g/mol. The van der Waals surface area contributed by atoms with E-state index < -0.39 is 0 Å². The molecule has 0 heterocycles. The lowest BCUT2D eigenvalue weighted by Crippen LogP contribution is -2.40. The molecule has 10 heteroatoms. The molecule has 0 rings (SSSR count). The van der Waals surface area contributed by atoms with Crippen molar-refractivity contribution in [3.8, 4) is 47.4 Å². The normalized spacial score (nSPS) is 10.8. The summed E-state index contributed by atoms with van der Waals surface area (Å²) in [4.78, 5) is 27.7. The van der Waals surface area contributed by atoms with Gasteiger partial charge in [0.25, 0.3) is 0 Å². The maximum atomic E-state index is 12.8. The van der Waals surface area contributed by atoms with Gasteiger partial charge < -0.3 is 38.6 Å². The van der Waals surface area contributed by atoms with E-state index in [4.69, 9.17) is 28.4 Å². The third-order valence-electron chi connectivity index (χ3n) is 9.49. The van der Waals surface area contributed by atoms with Crippen LogP contribution in [0.4, 0.5) is 0 Å². The highest BCUT2D eigenvalue weighted by Gasteiger charge is 2.16. The zero-order valence-corrected chi connectivity index (χ0v) is 40.3. The zero-order chi connectivity index (χ0) is 45.4. The molecule has 0 aromatic carbocycles. The smallest absolute Gasteiger partial charge is 0.305 e. The van der Waals surface area contributed by atoms with E-state index >= 15 is 0 Å². The summed E-state index contributed by atoms with van der Waals surface area (Å²) in [6, 6.07) is -0.298. The van der Waals surface area contributed by atoms with Gasteiger partial charge in [-0.3, -0.25) is 9.59 Å². The molecule has 0 fully saturated rings. The number of rotatable bonds is 39. The number of esters is 2. The third kappa shape index (κ3) is 43.6. The van der Waals surface area contributed by atoms with Gasteiger partial charge in [-0.1, -0.05) is 53.4 Å². The first-order valence-corrected chi connectivity index (χ1v) is 24.3. The molecule has 62 heavy (non-hydrogen) atoms. The molecule has 0 amide bonds. The minimum atomic E-state index is -0.357. The molecular formula is C52H88N2O8. The fourth-order valence-electron chi connectivity index (χ4n) is 5.72. The molecule has 0 atom stereocenters. The van der Waals surface area contributed by atoms with Crippen LogP contribution < -0.4 is 5.32 Å². The lowest BCUT2D eigenvalue weighted by Gasteiger charge is -2.20. The van der Waals surface area contributed by atoms with Crippen molar-refractivity contribution < 1.29 is 38.0 Å². The minimum absolute atomic E-state index is 0.129. The first-order chi connectivity index (χ1) is 30.4. The van der Waals surface area contributed by atoms with E-state index in [1.54, 1.807) is 0 Å². The molecule has 0 aromatic rings. The Morgan fingerprint density at radius 3 is 1.13 bits per heavy atom. The van der Waals surface area contributed by atoms with Crippen molar-refractivity contribution in [3.63, 3.8) is 0 Å². The molecule has 0 saturated heterocycles.